The van der Waals surface area contributed by atoms with Crippen LogP contribution in [0.1, 0.15) is 19.4 Å². The lowest BCUT2D eigenvalue weighted by atomic mass is 10.1. The summed E-state index contributed by atoms with van der Waals surface area (Å²) in [5.41, 5.74) is 1.80. The molecule has 1 aromatic carbocycles. The van der Waals surface area contributed by atoms with Crippen molar-refractivity contribution >= 4 is 27.5 Å². The van der Waals surface area contributed by atoms with Gasteiger partial charge in [-0.05, 0) is 53.0 Å². The summed E-state index contributed by atoms with van der Waals surface area (Å²) in [7, 11) is 1.61. The third-order valence-electron chi connectivity index (χ3n) is 2.23. The van der Waals surface area contributed by atoms with Crippen LogP contribution in [-0.4, -0.2) is 19.7 Å². The molecule has 0 radical (unpaired) electrons. The van der Waals surface area contributed by atoms with Gasteiger partial charge in [-0.15, -0.1) is 0 Å². The Morgan fingerprint density at radius 3 is 2.71 bits per heavy atom. The number of allylic oxidation sites excluding steroid dienone is 1. The van der Waals surface area contributed by atoms with Crippen molar-refractivity contribution in [2.45, 2.75) is 13.8 Å². The molecule has 17 heavy (non-hydrogen) atoms. The molecule has 0 bridgehead atoms. The zero-order chi connectivity index (χ0) is 12.8. The first-order valence-electron chi connectivity index (χ1n) is 5.27. The molecule has 0 atom stereocenters. The maximum Gasteiger partial charge on any atom is 0.331 e. The van der Waals surface area contributed by atoms with E-state index in [-0.39, 0.29) is 5.97 Å². The molecule has 1 aromatic rings. The highest BCUT2D eigenvalue weighted by Gasteiger charge is 2.04. The molecule has 1 rings (SSSR count). The van der Waals surface area contributed by atoms with Gasteiger partial charge in [0.2, 0.25) is 0 Å². The van der Waals surface area contributed by atoms with Crippen LogP contribution in [0.5, 0.6) is 5.75 Å². The van der Waals surface area contributed by atoms with Crippen LogP contribution in [-0.2, 0) is 9.53 Å². The Hall–Kier alpha value is -1.29. The van der Waals surface area contributed by atoms with Gasteiger partial charge in [-0.25, -0.2) is 4.79 Å². The second-order valence-corrected chi connectivity index (χ2v) is 4.28. The van der Waals surface area contributed by atoms with Gasteiger partial charge in [0.1, 0.15) is 5.75 Å². The molecular weight excluding hydrogens is 284 g/mol. The molecule has 0 spiro atoms. The maximum absolute atomic E-state index is 11.3. The highest BCUT2D eigenvalue weighted by molar-refractivity contribution is 9.10. The SMILES string of the molecule is CCOC(=O)/C=C(\C)c1ccc(OC)c(Br)c1. The average molecular weight is 299 g/mol. The number of ether oxygens (including phenoxy) is 2. The van der Waals surface area contributed by atoms with E-state index in [0.29, 0.717) is 6.61 Å². The molecule has 0 unspecified atom stereocenters. The van der Waals surface area contributed by atoms with Gasteiger partial charge in [0.25, 0.3) is 0 Å². The van der Waals surface area contributed by atoms with Crippen LogP contribution in [0, 0.1) is 0 Å². The van der Waals surface area contributed by atoms with E-state index in [9.17, 15) is 4.79 Å². The fourth-order valence-electron chi connectivity index (χ4n) is 1.36. The van der Waals surface area contributed by atoms with Gasteiger partial charge in [0, 0.05) is 6.08 Å². The molecule has 0 heterocycles. The van der Waals surface area contributed by atoms with Gasteiger partial charge in [-0.2, -0.15) is 0 Å². The number of hydrogen-bond donors (Lipinski definition) is 0. The van der Waals surface area contributed by atoms with Crippen LogP contribution in [0.25, 0.3) is 5.57 Å². The van der Waals surface area contributed by atoms with Crippen molar-refractivity contribution in [1.29, 1.82) is 0 Å². The Kier molecular flexibility index (Phi) is 5.22. The molecule has 0 aromatic heterocycles. The van der Waals surface area contributed by atoms with E-state index in [1.54, 1.807) is 14.0 Å². The Morgan fingerprint density at radius 1 is 1.47 bits per heavy atom. The molecule has 0 N–H and O–H groups in total. The lowest BCUT2D eigenvalue weighted by molar-refractivity contribution is -0.137. The molecule has 0 fully saturated rings. The quantitative estimate of drug-likeness (QED) is 0.631. The topological polar surface area (TPSA) is 35.5 Å². The monoisotopic (exact) mass is 298 g/mol. The Labute approximate surface area is 110 Å². The van der Waals surface area contributed by atoms with Crippen molar-refractivity contribution in [2.75, 3.05) is 13.7 Å². The average Bonchev–Trinajstić information content (AvgIpc) is 2.29. The summed E-state index contributed by atoms with van der Waals surface area (Å²) in [6, 6.07) is 5.65. The Bertz CT molecular complexity index is 438. The lowest BCUT2D eigenvalue weighted by Crippen LogP contribution is -2.00. The van der Waals surface area contributed by atoms with E-state index >= 15 is 0 Å². The highest BCUT2D eigenvalue weighted by atomic mass is 79.9. The van der Waals surface area contributed by atoms with Crippen LogP contribution in [0.15, 0.2) is 28.7 Å². The summed E-state index contributed by atoms with van der Waals surface area (Å²) in [6.45, 7) is 4.03. The summed E-state index contributed by atoms with van der Waals surface area (Å²) in [5, 5.41) is 0. The molecule has 0 amide bonds. The van der Waals surface area contributed by atoms with E-state index in [2.05, 4.69) is 15.9 Å². The smallest absolute Gasteiger partial charge is 0.331 e. The van der Waals surface area contributed by atoms with Crippen LogP contribution in [0.4, 0.5) is 0 Å². The summed E-state index contributed by atoms with van der Waals surface area (Å²) in [6.07, 6.45) is 1.48. The number of carbonyl (C=O) groups excluding carboxylic acids is 1. The van der Waals surface area contributed by atoms with Crippen molar-refractivity contribution in [3.8, 4) is 5.75 Å². The molecule has 0 aliphatic rings. The van der Waals surface area contributed by atoms with Gasteiger partial charge in [0.05, 0.1) is 18.2 Å². The molecule has 3 nitrogen and oxygen atoms in total. The van der Waals surface area contributed by atoms with Crippen molar-refractivity contribution in [1.82, 2.24) is 0 Å². The number of esters is 1. The number of rotatable bonds is 4. The minimum absolute atomic E-state index is 0.322. The van der Waals surface area contributed by atoms with Crippen molar-refractivity contribution in [2.24, 2.45) is 0 Å². The highest BCUT2D eigenvalue weighted by Crippen LogP contribution is 2.28. The summed E-state index contributed by atoms with van der Waals surface area (Å²) in [5.74, 6) is 0.439. The van der Waals surface area contributed by atoms with Crippen molar-refractivity contribution in [3.05, 3.63) is 34.3 Å². The molecule has 0 saturated carbocycles. The molecular formula is C13H15BrO3. The predicted molar refractivity (Wildman–Crippen MR) is 71.0 cm³/mol. The molecule has 0 aliphatic carbocycles. The van der Waals surface area contributed by atoms with E-state index in [0.717, 1.165) is 21.4 Å². The predicted octanol–water partition coefficient (Wildman–Crippen LogP) is 3.42. The largest absolute Gasteiger partial charge is 0.496 e. The number of hydrogen-bond acceptors (Lipinski definition) is 3. The fraction of sp³-hybridized carbons (Fsp3) is 0.308. The second-order valence-electron chi connectivity index (χ2n) is 3.43. The van der Waals surface area contributed by atoms with Crippen LogP contribution in [0.3, 0.4) is 0 Å². The minimum atomic E-state index is -0.322. The zero-order valence-electron chi connectivity index (χ0n) is 10.1. The summed E-state index contributed by atoms with van der Waals surface area (Å²) < 4.78 is 10.9. The first-order valence-corrected chi connectivity index (χ1v) is 6.06. The summed E-state index contributed by atoms with van der Waals surface area (Å²) in [4.78, 5) is 11.3. The third kappa shape index (κ3) is 3.89. The first kappa shape index (κ1) is 13.8. The van der Waals surface area contributed by atoms with Crippen molar-refractivity contribution < 1.29 is 14.3 Å². The van der Waals surface area contributed by atoms with E-state index in [1.165, 1.54) is 6.08 Å². The van der Waals surface area contributed by atoms with Gasteiger partial charge in [-0.1, -0.05) is 6.07 Å². The number of benzene rings is 1. The number of carbonyl (C=O) groups is 1. The van der Waals surface area contributed by atoms with E-state index in [4.69, 9.17) is 9.47 Å². The van der Waals surface area contributed by atoms with E-state index in [1.807, 2.05) is 25.1 Å². The fourth-order valence-corrected chi connectivity index (χ4v) is 1.90. The van der Waals surface area contributed by atoms with Gasteiger partial charge >= 0.3 is 5.97 Å². The molecule has 4 heteroatoms. The zero-order valence-corrected chi connectivity index (χ0v) is 11.7. The van der Waals surface area contributed by atoms with Gasteiger partial charge in [-0.3, -0.25) is 0 Å². The maximum atomic E-state index is 11.3. The molecule has 92 valence electrons. The lowest BCUT2D eigenvalue weighted by Gasteiger charge is -2.06. The second kappa shape index (κ2) is 6.45. The normalized spacial score (nSPS) is 11.2. The standard InChI is InChI=1S/C13H15BrO3/c1-4-17-13(15)7-9(2)10-5-6-12(16-3)11(14)8-10/h5-8H,4H2,1-3H3/b9-7+. The Morgan fingerprint density at radius 2 is 2.18 bits per heavy atom. The minimum Gasteiger partial charge on any atom is -0.496 e. The molecule has 0 saturated heterocycles. The van der Waals surface area contributed by atoms with Gasteiger partial charge < -0.3 is 9.47 Å². The molecule has 0 aliphatic heterocycles. The number of halogens is 1. The first-order chi connectivity index (χ1) is 8.08. The Balaban J connectivity index is 2.93. The van der Waals surface area contributed by atoms with E-state index < -0.39 is 0 Å². The van der Waals surface area contributed by atoms with Crippen molar-refractivity contribution in [3.63, 3.8) is 0 Å². The summed E-state index contributed by atoms with van der Waals surface area (Å²) >= 11 is 3.40. The number of methoxy groups -OCH3 is 1. The van der Waals surface area contributed by atoms with Crippen LogP contribution in [0.2, 0.25) is 0 Å². The van der Waals surface area contributed by atoms with Gasteiger partial charge in [0.15, 0.2) is 0 Å². The van der Waals surface area contributed by atoms with Crippen LogP contribution >= 0.6 is 15.9 Å². The third-order valence-corrected chi connectivity index (χ3v) is 2.85. The van der Waals surface area contributed by atoms with Crippen LogP contribution < -0.4 is 4.74 Å².